The van der Waals surface area contributed by atoms with Gasteiger partial charge in [-0.2, -0.15) is 0 Å². The summed E-state index contributed by atoms with van der Waals surface area (Å²) in [6, 6.07) is 8.50. The molecule has 0 saturated carbocycles. The Morgan fingerprint density at radius 2 is 1.88 bits per heavy atom. The normalized spacial score (nSPS) is 11.6. The molecule has 1 atom stereocenters. The Morgan fingerprint density at radius 1 is 1.16 bits per heavy atom. The molecule has 0 bridgehead atoms. The third-order valence-corrected chi connectivity index (χ3v) is 3.90. The van der Waals surface area contributed by atoms with E-state index in [9.17, 15) is 24.8 Å². The number of nitro benzene ring substituents is 1. The lowest BCUT2D eigenvalue weighted by molar-refractivity contribution is -0.384. The average molecular weight is 382 g/mol. The molecule has 2 rings (SSSR count). The smallest absolute Gasteiger partial charge is 0.270 e. The minimum absolute atomic E-state index is 0.0163. The molecule has 0 aliphatic rings. The maximum absolute atomic E-state index is 12.3. The van der Waals surface area contributed by atoms with E-state index in [-0.39, 0.29) is 16.3 Å². The molecule has 7 nitrogen and oxygen atoms in total. The van der Waals surface area contributed by atoms with Crippen molar-refractivity contribution >= 4 is 40.8 Å². The Hall–Kier alpha value is -2.64. The maximum atomic E-state index is 12.3. The number of carbonyl (C=O) groups excluding carboxylic acids is 2. The Balaban J connectivity index is 2.30. The monoisotopic (exact) mass is 381 g/mol. The molecule has 0 heterocycles. The molecule has 0 radical (unpaired) electrons. The number of nitrogens with zero attached hydrogens (tertiary/aromatic N) is 1. The van der Waals surface area contributed by atoms with Gasteiger partial charge in [-0.1, -0.05) is 35.3 Å². The van der Waals surface area contributed by atoms with E-state index in [0.717, 1.165) is 6.07 Å². The predicted octanol–water partition coefficient (Wildman–Crippen LogP) is 2.51. The lowest BCUT2D eigenvalue weighted by atomic mass is 10.0. The SMILES string of the molecule is O=C([O-])C[C@@H](NC(=O)c1cccc([N+](=O)[O-])c1)c1ccc(Cl)cc1Cl. The summed E-state index contributed by atoms with van der Waals surface area (Å²) in [5, 5.41) is 24.8. The third-order valence-electron chi connectivity index (χ3n) is 3.33. The van der Waals surface area contributed by atoms with E-state index in [1.807, 2.05) is 0 Å². The Bertz CT molecular complexity index is 841. The first-order valence-corrected chi connectivity index (χ1v) is 7.73. The van der Waals surface area contributed by atoms with Crippen molar-refractivity contribution in [3.8, 4) is 0 Å². The van der Waals surface area contributed by atoms with E-state index in [4.69, 9.17) is 23.2 Å². The third kappa shape index (κ3) is 4.91. The summed E-state index contributed by atoms with van der Waals surface area (Å²) in [4.78, 5) is 33.5. The highest BCUT2D eigenvalue weighted by Gasteiger charge is 2.20. The van der Waals surface area contributed by atoms with Gasteiger partial charge < -0.3 is 15.2 Å². The van der Waals surface area contributed by atoms with Crippen molar-refractivity contribution in [2.45, 2.75) is 12.5 Å². The number of nitrogens with one attached hydrogen (secondary N) is 1. The number of halogens is 2. The van der Waals surface area contributed by atoms with E-state index in [1.165, 1.54) is 36.4 Å². The highest BCUT2D eigenvalue weighted by Crippen LogP contribution is 2.28. The van der Waals surface area contributed by atoms with Crippen LogP contribution in [0, 0.1) is 10.1 Å². The number of carbonyl (C=O) groups is 2. The summed E-state index contributed by atoms with van der Waals surface area (Å²) in [7, 11) is 0. The number of nitro groups is 1. The van der Waals surface area contributed by atoms with Crippen LogP contribution in [-0.2, 0) is 4.79 Å². The fraction of sp³-hybridized carbons (Fsp3) is 0.125. The number of carboxylic acid groups (broad SMARTS) is 1. The highest BCUT2D eigenvalue weighted by molar-refractivity contribution is 6.35. The van der Waals surface area contributed by atoms with Crippen LogP contribution >= 0.6 is 23.2 Å². The summed E-state index contributed by atoms with van der Waals surface area (Å²) in [5.74, 6) is -2.07. The molecule has 1 N–H and O–H groups in total. The van der Waals surface area contributed by atoms with E-state index in [2.05, 4.69) is 5.32 Å². The minimum atomic E-state index is -1.39. The molecule has 25 heavy (non-hydrogen) atoms. The second-order valence-corrected chi connectivity index (χ2v) is 5.92. The maximum Gasteiger partial charge on any atom is 0.270 e. The Labute approximate surface area is 152 Å². The van der Waals surface area contributed by atoms with Crippen molar-refractivity contribution in [1.82, 2.24) is 5.32 Å². The molecule has 9 heteroatoms. The van der Waals surface area contributed by atoms with E-state index >= 15 is 0 Å². The molecule has 0 aliphatic heterocycles. The molecular formula is C16H11Cl2N2O5-. The number of hydrogen-bond acceptors (Lipinski definition) is 5. The number of aliphatic carboxylic acids is 1. The number of amides is 1. The molecule has 0 saturated heterocycles. The van der Waals surface area contributed by atoms with E-state index in [1.54, 1.807) is 0 Å². The van der Waals surface area contributed by atoms with Crippen molar-refractivity contribution in [1.29, 1.82) is 0 Å². The summed E-state index contributed by atoms with van der Waals surface area (Å²) >= 11 is 11.9. The second kappa shape index (κ2) is 7.96. The minimum Gasteiger partial charge on any atom is -0.550 e. The van der Waals surface area contributed by atoms with Crippen LogP contribution in [0.5, 0.6) is 0 Å². The molecule has 2 aromatic rings. The van der Waals surface area contributed by atoms with Gasteiger partial charge in [0.05, 0.1) is 11.0 Å². The largest absolute Gasteiger partial charge is 0.550 e. The van der Waals surface area contributed by atoms with Crippen molar-refractivity contribution in [3.05, 3.63) is 73.8 Å². The van der Waals surface area contributed by atoms with Crippen LogP contribution in [-0.4, -0.2) is 16.8 Å². The van der Waals surface area contributed by atoms with Gasteiger partial charge in [-0.25, -0.2) is 0 Å². The lowest BCUT2D eigenvalue weighted by Crippen LogP contribution is -2.34. The molecule has 1 amide bonds. The predicted molar refractivity (Wildman–Crippen MR) is 89.4 cm³/mol. The zero-order valence-corrected chi connectivity index (χ0v) is 14.1. The van der Waals surface area contributed by atoms with Crippen LogP contribution < -0.4 is 10.4 Å². The summed E-state index contributed by atoms with van der Waals surface area (Å²) < 4.78 is 0. The molecule has 2 aromatic carbocycles. The van der Waals surface area contributed by atoms with Crippen LogP contribution in [0.25, 0.3) is 0 Å². The quantitative estimate of drug-likeness (QED) is 0.609. The highest BCUT2D eigenvalue weighted by atomic mass is 35.5. The molecular weight excluding hydrogens is 371 g/mol. The Kier molecular flexibility index (Phi) is 5.95. The number of non-ortho nitro benzene ring substituents is 1. The van der Waals surface area contributed by atoms with E-state index in [0.29, 0.717) is 10.6 Å². The first-order valence-electron chi connectivity index (χ1n) is 6.98. The molecule has 130 valence electrons. The standard InChI is InChI=1S/C16H12Cl2N2O5/c17-10-4-5-12(13(18)7-10)14(8-15(21)22)19-16(23)9-2-1-3-11(6-9)20(24)25/h1-7,14H,8H2,(H,19,23)(H,21,22)/p-1/t14-/m1/s1. The van der Waals surface area contributed by atoms with Crippen LogP contribution in [0.4, 0.5) is 5.69 Å². The van der Waals surface area contributed by atoms with Gasteiger partial charge >= 0.3 is 0 Å². The van der Waals surface area contributed by atoms with Gasteiger partial charge in [-0.15, -0.1) is 0 Å². The zero-order chi connectivity index (χ0) is 18.6. The van der Waals surface area contributed by atoms with Gasteiger partial charge in [0.25, 0.3) is 11.6 Å². The van der Waals surface area contributed by atoms with Gasteiger partial charge in [0, 0.05) is 40.1 Å². The second-order valence-electron chi connectivity index (χ2n) is 5.08. The number of carboxylic acids is 1. The van der Waals surface area contributed by atoms with Crippen molar-refractivity contribution < 1.29 is 19.6 Å². The van der Waals surface area contributed by atoms with Crippen LogP contribution in [0.1, 0.15) is 28.4 Å². The Morgan fingerprint density at radius 3 is 2.48 bits per heavy atom. The molecule has 0 aromatic heterocycles. The van der Waals surface area contributed by atoms with Crippen LogP contribution in [0.3, 0.4) is 0 Å². The van der Waals surface area contributed by atoms with Crippen molar-refractivity contribution in [3.63, 3.8) is 0 Å². The average Bonchev–Trinajstić information content (AvgIpc) is 2.54. The van der Waals surface area contributed by atoms with Gasteiger partial charge in [-0.3, -0.25) is 14.9 Å². The number of rotatable bonds is 6. The first-order chi connectivity index (χ1) is 11.8. The fourth-order valence-corrected chi connectivity index (χ4v) is 2.73. The molecule has 0 fully saturated rings. The van der Waals surface area contributed by atoms with Crippen LogP contribution in [0.2, 0.25) is 10.0 Å². The molecule has 0 unspecified atom stereocenters. The summed E-state index contributed by atoms with van der Waals surface area (Å²) in [6.45, 7) is 0. The van der Waals surface area contributed by atoms with Crippen LogP contribution in [0.15, 0.2) is 42.5 Å². The van der Waals surface area contributed by atoms with Crippen molar-refractivity contribution in [2.24, 2.45) is 0 Å². The first kappa shape index (κ1) is 18.7. The number of hydrogen-bond donors (Lipinski definition) is 1. The van der Waals surface area contributed by atoms with Gasteiger partial charge in [0.2, 0.25) is 0 Å². The van der Waals surface area contributed by atoms with Gasteiger partial charge in [0.1, 0.15) is 0 Å². The topological polar surface area (TPSA) is 112 Å². The zero-order valence-electron chi connectivity index (χ0n) is 12.6. The van der Waals surface area contributed by atoms with Gasteiger partial charge in [0.15, 0.2) is 0 Å². The van der Waals surface area contributed by atoms with Gasteiger partial charge in [-0.05, 0) is 23.8 Å². The molecule has 0 spiro atoms. The molecule has 0 aliphatic carbocycles. The van der Waals surface area contributed by atoms with Crippen molar-refractivity contribution in [2.75, 3.05) is 0 Å². The fourth-order valence-electron chi connectivity index (χ4n) is 2.19. The lowest BCUT2D eigenvalue weighted by Gasteiger charge is -2.21. The summed E-state index contributed by atoms with van der Waals surface area (Å²) in [5.41, 5.74) is 0.102. The summed E-state index contributed by atoms with van der Waals surface area (Å²) in [6.07, 6.45) is -0.526. The number of benzene rings is 2. The van der Waals surface area contributed by atoms with E-state index < -0.39 is 29.3 Å².